The highest BCUT2D eigenvalue weighted by Crippen LogP contribution is 2.06. The Morgan fingerprint density at radius 2 is 1.64 bits per heavy atom. The average Bonchev–Trinajstić information content (AvgIpc) is 1.96. The number of hydrogen-bond donors (Lipinski definition) is 0. The van der Waals surface area contributed by atoms with Gasteiger partial charge in [0, 0.05) is 6.42 Å². The van der Waals surface area contributed by atoms with E-state index in [4.69, 9.17) is 11.6 Å². The minimum absolute atomic E-state index is 0.228. The summed E-state index contributed by atoms with van der Waals surface area (Å²) in [4.78, 5) is 10.2. The van der Waals surface area contributed by atoms with Gasteiger partial charge in [0.05, 0.1) is 6.67 Å². The van der Waals surface area contributed by atoms with Gasteiger partial charge in [-0.15, -0.1) is 0 Å². The normalized spacial score (nSPS) is 10.0. The molecule has 0 aromatic carbocycles. The van der Waals surface area contributed by atoms with Crippen LogP contribution in [0.2, 0.25) is 0 Å². The van der Waals surface area contributed by atoms with Crippen molar-refractivity contribution in [1.82, 2.24) is 0 Å². The Bertz CT molecular complexity index is 106. The summed E-state index contributed by atoms with van der Waals surface area (Å²) in [6.07, 6.45) is 4.86. The van der Waals surface area contributed by atoms with Crippen molar-refractivity contribution < 1.29 is 9.18 Å². The Labute approximate surface area is 71.9 Å². The van der Waals surface area contributed by atoms with Crippen LogP contribution in [0.3, 0.4) is 0 Å². The van der Waals surface area contributed by atoms with E-state index in [0.717, 1.165) is 25.7 Å². The third kappa shape index (κ3) is 9.89. The van der Waals surface area contributed by atoms with Crippen LogP contribution in [0.4, 0.5) is 4.39 Å². The molecule has 0 aromatic rings. The molecule has 0 saturated heterocycles. The van der Waals surface area contributed by atoms with Crippen molar-refractivity contribution in [3.8, 4) is 0 Å². The molecule has 0 fully saturated rings. The molecule has 0 rings (SSSR count). The lowest BCUT2D eigenvalue weighted by molar-refractivity contribution is -0.111. The van der Waals surface area contributed by atoms with Gasteiger partial charge in [0.15, 0.2) is 0 Å². The molecule has 1 nitrogen and oxygen atoms in total. The maximum Gasteiger partial charge on any atom is 0.221 e. The molecule has 0 radical (unpaired) electrons. The molecule has 0 N–H and O–H groups in total. The molecule has 0 unspecified atom stereocenters. The summed E-state index contributed by atoms with van der Waals surface area (Å²) in [5, 5.41) is -0.268. The van der Waals surface area contributed by atoms with E-state index in [1.54, 1.807) is 0 Å². The number of rotatable bonds is 7. The van der Waals surface area contributed by atoms with Crippen molar-refractivity contribution in [2.45, 2.75) is 38.5 Å². The van der Waals surface area contributed by atoms with E-state index in [1.807, 2.05) is 0 Å². The Balaban J connectivity index is 2.85. The van der Waals surface area contributed by atoms with E-state index in [9.17, 15) is 9.18 Å². The number of hydrogen-bond acceptors (Lipinski definition) is 1. The molecule has 66 valence electrons. The molecule has 0 amide bonds. The number of unbranched alkanes of at least 4 members (excludes halogenated alkanes) is 4. The van der Waals surface area contributed by atoms with Gasteiger partial charge >= 0.3 is 0 Å². The zero-order valence-corrected chi connectivity index (χ0v) is 7.37. The number of alkyl halides is 1. The number of carbonyl (C=O) groups is 1. The fourth-order valence-corrected chi connectivity index (χ4v) is 1.02. The molecule has 0 bridgehead atoms. The van der Waals surface area contributed by atoms with E-state index in [-0.39, 0.29) is 11.9 Å². The molecule has 0 aliphatic rings. The third-order valence-electron chi connectivity index (χ3n) is 1.51. The highest BCUT2D eigenvalue weighted by Gasteiger charge is 1.95. The van der Waals surface area contributed by atoms with E-state index in [0.29, 0.717) is 12.8 Å². The van der Waals surface area contributed by atoms with Crippen LogP contribution >= 0.6 is 11.6 Å². The molecular formula is C8H14ClFO. The quantitative estimate of drug-likeness (QED) is 0.435. The third-order valence-corrected chi connectivity index (χ3v) is 1.70. The lowest BCUT2D eigenvalue weighted by atomic mass is 10.1. The Hall–Kier alpha value is -0.110. The summed E-state index contributed by atoms with van der Waals surface area (Å²) in [6, 6.07) is 0. The second-order valence-electron chi connectivity index (χ2n) is 2.56. The maximum absolute atomic E-state index is 11.6. The molecule has 0 atom stereocenters. The van der Waals surface area contributed by atoms with Crippen LogP contribution in [0, 0.1) is 0 Å². The molecule has 3 heteroatoms. The first-order valence-electron chi connectivity index (χ1n) is 4.01. The van der Waals surface area contributed by atoms with Gasteiger partial charge in [-0.05, 0) is 24.4 Å². The molecule has 0 aromatic heterocycles. The maximum atomic E-state index is 11.6. The van der Waals surface area contributed by atoms with E-state index < -0.39 is 0 Å². The van der Waals surface area contributed by atoms with Gasteiger partial charge in [-0.2, -0.15) is 0 Å². The van der Waals surface area contributed by atoms with E-state index in [2.05, 4.69) is 0 Å². The highest BCUT2D eigenvalue weighted by atomic mass is 35.5. The summed E-state index contributed by atoms with van der Waals surface area (Å²) in [5.41, 5.74) is 0. The fourth-order valence-electron chi connectivity index (χ4n) is 0.889. The summed E-state index contributed by atoms with van der Waals surface area (Å²) in [5.74, 6) is 0. The van der Waals surface area contributed by atoms with Crippen LogP contribution in [0.5, 0.6) is 0 Å². The lowest BCUT2D eigenvalue weighted by Gasteiger charge is -1.96. The standard InChI is InChI=1S/C8H14ClFO/c9-8(11)6-4-2-1-3-5-7-10/h1-7H2. The van der Waals surface area contributed by atoms with E-state index >= 15 is 0 Å². The smallest absolute Gasteiger partial charge is 0.221 e. The van der Waals surface area contributed by atoms with Gasteiger partial charge in [0.25, 0.3) is 0 Å². The summed E-state index contributed by atoms with van der Waals surface area (Å²) in [6.45, 7) is -0.228. The molecule has 0 saturated carbocycles. The minimum Gasteiger partial charge on any atom is -0.281 e. The Morgan fingerprint density at radius 1 is 1.09 bits per heavy atom. The van der Waals surface area contributed by atoms with Crippen molar-refractivity contribution in [1.29, 1.82) is 0 Å². The minimum atomic E-state index is -0.268. The zero-order chi connectivity index (χ0) is 8.53. The summed E-state index contributed by atoms with van der Waals surface area (Å²) < 4.78 is 11.6. The first-order chi connectivity index (χ1) is 5.27. The van der Waals surface area contributed by atoms with Crippen LogP contribution in [0.1, 0.15) is 38.5 Å². The van der Waals surface area contributed by atoms with Crippen LogP contribution in [-0.4, -0.2) is 11.9 Å². The topological polar surface area (TPSA) is 17.1 Å². The van der Waals surface area contributed by atoms with Crippen molar-refractivity contribution in [3.05, 3.63) is 0 Å². The van der Waals surface area contributed by atoms with Crippen LogP contribution < -0.4 is 0 Å². The Kier molecular flexibility index (Phi) is 7.91. The molecule has 11 heavy (non-hydrogen) atoms. The van der Waals surface area contributed by atoms with Gasteiger partial charge in [-0.25, -0.2) is 0 Å². The first kappa shape index (κ1) is 10.9. The highest BCUT2D eigenvalue weighted by molar-refractivity contribution is 6.63. The average molecular weight is 181 g/mol. The Morgan fingerprint density at radius 3 is 2.18 bits per heavy atom. The second-order valence-corrected chi connectivity index (χ2v) is 2.98. The van der Waals surface area contributed by atoms with E-state index in [1.165, 1.54) is 0 Å². The van der Waals surface area contributed by atoms with Crippen molar-refractivity contribution in [3.63, 3.8) is 0 Å². The molecule has 0 spiro atoms. The zero-order valence-electron chi connectivity index (χ0n) is 6.61. The molecule has 0 heterocycles. The first-order valence-corrected chi connectivity index (χ1v) is 4.39. The summed E-state index contributed by atoms with van der Waals surface area (Å²) >= 11 is 5.12. The van der Waals surface area contributed by atoms with Gasteiger partial charge in [-0.1, -0.05) is 19.3 Å². The predicted molar refractivity (Wildman–Crippen MR) is 44.5 cm³/mol. The van der Waals surface area contributed by atoms with Gasteiger partial charge in [-0.3, -0.25) is 9.18 Å². The van der Waals surface area contributed by atoms with Crippen molar-refractivity contribution >= 4 is 16.8 Å². The van der Waals surface area contributed by atoms with Crippen molar-refractivity contribution in [2.75, 3.05) is 6.67 Å². The van der Waals surface area contributed by atoms with Crippen LogP contribution in [-0.2, 0) is 4.79 Å². The number of halogens is 2. The molecular weight excluding hydrogens is 167 g/mol. The fraction of sp³-hybridized carbons (Fsp3) is 0.875. The van der Waals surface area contributed by atoms with Gasteiger partial charge in [0.1, 0.15) is 0 Å². The second kappa shape index (κ2) is 7.99. The van der Waals surface area contributed by atoms with Crippen LogP contribution in [0.15, 0.2) is 0 Å². The summed E-state index contributed by atoms with van der Waals surface area (Å²) in [7, 11) is 0. The number of carbonyl (C=O) groups excluding carboxylic acids is 1. The molecule has 0 aliphatic carbocycles. The lowest BCUT2D eigenvalue weighted by Crippen LogP contribution is -1.86. The monoisotopic (exact) mass is 180 g/mol. The van der Waals surface area contributed by atoms with Crippen LogP contribution in [0.25, 0.3) is 0 Å². The van der Waals surface area contributed by atoms with Gasteiger partial charge < -0.3 is 0 Å². The van der Waals surface area contributed by atoms with Gasteiger partial charge in [0.2, 0.25) is 5.24 Å². The molecule has 0 aliphatic heterocycles. The van der Waals surface area contributed by atoms with Crippen molar-refractivity contribution in [2.24, 2.45) is 0 Å². The predicted octanol–water partition coefficient (Wildman–Crippen LogP) is 3.06. The largest absolute Gasteiger partial charge is 0.281 e. The SMILES string of the molecule is O=C(Cl)CCCCCCCF.